The van der Waals surface area contributed by atoms with Crippen molar-refractivity contribution in [2.75, 3.05) is 6.26 Å². The Morgan fingerprint density at radius 3 is 2.65 bits per heavy atom. The van der Waals surface area contributed by atoms with Crippen molar-refractivity contribution in [3.63, 3.8) is 0 Å². The number of hydrogen-bond acceptors (Lipinski definition) is 5. The van der Waals surface area contributed by atoms with Crippen molar-refractivity contribution in [1.29, 1.82) is 5.26 Å². The van der Waals surface area contributed by atoms with Gasteiger partial charge in [0.05, 0.1) is 18.4 Å². The fourth-order valence-corrected chi connectivity index (χ4v) is 2.35. The van der Waals surface area contributed by atoms with Gasteiger partial charge in [0.1, 0.15) is 11.6 Å². The highest BCUT2D eigenvalue weighted by Crippen LogP contribution is 2.22. The summed E-state index contributed by atoms with van der Waals surface area (Å²) in [5.41, 5.74) is 1.82. The number of nitriles is 1. The van der Waals surface area contributed by atoms with Gasteiger partial charge in [0.15, 0.2) is 5.16 Å². The number of nitrogens with one attached hydrogen (secondary N) is 1. The third kappa shape index (κ3) is 4.21. The number of nitrogens with zero attached hydrogens (tertiary/aromatic N) is 2. The fraction of sp³-hybridized carbons (Fsp3) is 0.353. The predicted octanol–water partition coefficient (Wildman–Crippen LogP) is 3.35. The van der Waals surface area contributed by atoms with Crippen molar-refractivity contribution >= 4 is 11.8 Å². The third-order valence-corrected chi connectivity index (χ3v) is 4.12. The summed E-state index contributed by atoms with van der Waals surface area (Å²) in [6.45, 7) is 4.66. The van der Waals surface area contributed by atoms with E-state index in [-0.39, 0.29) is 11.7 Å². The molecule has 0 bridgehead atoms. The van der Waals surface area contributed by atoms with Crippen LogP contribution in [0.25, 0.3) is 11.3 Å². The normalized spacial score (nSPS) is 11.9. The number of thioether (sulfide) groups is 1. The Bertz CT molecular complexity index is 763. The molecule has 0 amide bonds. The van der Waals surface area contributed by atoms with Crippen LogP contribution in [-0.4, -0.2) is 22.3 Å². The molecule has 0 saturated heterocycles. The number of H-pyrrole nitrogens is 1. The molecule has 1 aromatic carbocycles. The fourth-order valence-electron chi connectivity index (χ4n) is 1.98. The summed E-state index contributed by atoms with van der Waals surface area (Å²) < 4.78 is 5.70. The Morgan fingerprint density at radius 1 is 1.39 bits per heavy atom. The summed E-state index contributed by atoms with van der Waals surface area (Å²) in [6, 6.07) is 9.52. The first-order valence-corrected chi connectivity index (χ1v) is 8.60. The molecular formula is C17H19N3O2S. The minimum Gasteiger partial charge on any atom is -0.374 e. The van der Waals surface area contributed by atoms with Crippen LogP contribution >= 0.6 is 11.8 Å². The molecule has 1 unspecified atom stereocenters. The highest BCUT2D eigenvalue weighted by atomic mass is 32.2. The quantitative estimate of drug-likeness (QED) is 0.649. The van der Waals surface area contributed by atoms with Crippen LogP contribution in [0.3, 0.4) is 0 Å². The van der Waals surface area contributed by atoms with Crippen LogP contribution in [0.15, 0.2) is 34.2 Å². The minimum absolute atomic E-state index is 0.0337. The molecule has 1 N–H and O–H groups in total. The smallest absolute Gasteiger partial charge is 0.270 e. The number of aromatic amines is 1. The van der Waals surface area contributed by atoms with Gasteiger partial charge in [-0.1, -0.05) is 43.0 Å². The number of hydrogen-bond donors (Lipinski definition) is 1. The average molecular weight is 329 g/mol. The lowest BCUT2D eigenvalue weighted by Gasteiger charge is -2.11. The van der Waals surface area contributed by atoms with Crippen molar-refractivity contribution in [3.05, 3.63) is 45.7 Å². The summed E-state index contributed by atoms with van der Waals surface area (Å²) in [5, 5.41) is 9.71. The van der Waals surface area contributed by atoms with Crippen LogP contribution < -0.4 is 5.56 Å². The van der Waals surface area contributed by atoms with Gasteiger partial charge in [-0.15, -0.1) is 0 Å². The lowest BCUT2D eigenvalue weighted by Crippen LogP contribution is -2.14. The van der Waals surface area contributed by atoms with E-state index in [4.69, 9.17) is 4.74 Å². The summed E-state index contributed by atoms with van der Waals surface area (Å²) in [4.78, 5) is 18.9. The lowest BCUT2D eigenvalue weighted by molar-refractivity contribution is 0.0508. The molecule has 2 aromatic rings. The van der Waals surface area contributed by atoms with Gasteiger partial charge in [0.2, 0.25) is 0 Å². The van der Waals surface area contributed by atoms with Gasteiger partial charge in [-0.3, -0.25) is 4.79 Å². The predicted molar refractivity (Wildman–Crippen MR) is 91.3 cm³/mol. The second kappa shape index (κ2) is 7.95. The zero-order valence-electron chi connectivity index (χ0n) is 13.4. The summed E-state index contributed by atoms with van der Waals surface area (Å²) >= 11 is 1.33. The van der Waals surface area contributed by atoms with Crippen LogP contribution in [-0.2, 0) is 11.3 Å². The second-order valence-electron chi connectivity index (χ2n) is 5.14. The van der Waals surface area contributed by atoms with E-state index in [0.29, 0.717) is 17.5 Å². The van der Waals surface area contributed by atoms with Gasteiger partial charge < -0.3 is 9.72 Å². The van der Waals surface area contributed by atoms with Crippen LogP contribution in [0.4, 0.5) is 0 Å². The number of benzene rings is 1. The molecule has 0 aliphatic rings. The lowest BCUT2D eigenvalue weighted by atomic mass is 10.1. The van der Waals surface area contributed by atoms with E-state index in [1.807, 2.05) is 43.5 Å². The molecule has 0 spiro atoms. The van der Waals surface area contributed by atoms with Crippen LogP contribution in [0, 0.1) is 11.3 Å². The Morgan fingerprint density at radius 2 is 2.09 bits per heavy atom. The van der Waals surface area contributed by atoms with Gasteiger partial charge in [-0.25, -0.2) is 4.98 Å². The third-order valence-electron chi connectivity index (χ3n) is 3.54. The average Bonchev–Trinajstić information content (AvgIpc) is 2.59. The summed E-state index contributed by atoms with van der Waals surface area (Å²) in [7, 11) is 0. The van der Waals surface area contributed by atoms with E-state index in [2.05, 4.69) is 16.9 Å². The molecule has 1 heterocycles. The molecule has 5 nitrogen and oxygen atoms in total. The molecule has 0 aliphatic heterocycles. The van der Waals surface area contributed by atoms with E-state index < -0.39 is 5.56 Å². The maximum Gasteiger partial charge on any atom is 0.270 e. The topological polar surface area (TPSA) is 78.8 Å². The van der Waals surface area contributed by atoms with Crippen LogP contribution in [0.5, 0.6) is 0 Å². The molecule has 0 saturated carbocycles. The zero-order valence-corrected chi connectivity index (χ0v) is 14.2. The van der Waals surface area contributed by atoms with Gasteiger partial charge in [-0.05, 0) is 25.2 Å². The Labute approximate surface area is 139 Å². The first-order chi connectivity index (χ1) is 11.1. The molecule has 0 aliphatic carbocycles. The Kier molecular flexibility index (Phi) is 5.97. The molecular weight excluding hydrogens is 310 g/mol. The monoisotopic (exact) mass is 329 g/mol. The van der Waals surface area contributed by atoms with Gasteiger partial charge in [-0.2, -0.15) is 5.26 Å². The standard InChI is InChI=1S/C17H19N3O2S/c1-4-11(2)22-10-12-5-7-13(8-6-12)15-14(9-18)16(21)20-17(19-15)23-3/h5-8,11H,4,10H2,1-3H3,(H,19,20,21). The SMILES string of the molecule is CCC(C)OCc1ccc(-c2nc(SC)[nH]c(=O)c2C#N)cc1. The van der Waals surface area contributed by atoms with Crippen molar-refractivity contribution in [2.45, 2.75) is 38.1 Å². The maximum absolute atomic E-state index is 12.0. The highest BCUT2D eigenvalue weighted by Gasteiger charge is 2.13. The maximum atomic E-state index is 12.0. The van der Waals surface area contributed by atoms with Gasteiger partial charge in [0.25, 0.3) is 5.56 Å². The second-order valence-corrected chi connectivity index (χ2v) is 5.93. The number of aromatic nitrogens is 2. The summed E-state index contributed by atoms with van der Waals surface area (Å²) in [6.07, 6.45) is 3.01. The largest absolute Gasteiger partial charge is 0.374 e. The minimum atomic E-state index is -0.411. The zero-order chi connectivity index (χ0) is 16.8. The molecule has 0 radical (unpaired) electrons. The van der Waals surface area contributed by atoms with E-state index in [1.165, 1.54) is 11.8 Å². The Hall–Kier alpha value is -2.10. The van der Waals surface area contributed by atoms with Crippen LogP contribution in [0.2, 0.25) is 0 Å². The molecule has 0 fully saturated rings. The molecule has 23 heavy (non-hydrogen) atoms. The molecule has 2 rings (SSSR count). The van der Waals surface area contributed by atoms with Gasteiger partial charge >= 0.3 is 0 Å². The van der Waals surface area contributed by atoms with Crippen molar-refractivity contribution in [3.8, 4) is 17.3 Å². The van der Waals surface area contributed by atoms with E-state index >= 15 is 0 Å². The molecule has 1 atom stereocenters. The van der Waals surface area contributed by atoms with Crippen molar-refractivity contribution in [2.24, 2.45) is 0 Å². The van der Waals surface area contributed by atoms with Crippen molar-refractivity contribution in [1.82, 2.24) is 9.97 Å². The highest BCUT2D eigenvalue weighted by molar-refractivity contribution is 7.98. The molecule has 120 valence electrons. The number of rotatable bonds is 6. The molecule has 1 aromatic heterocycles. The number of ether oxygens (including phenoxy) is 1. The summed E-state index contributed by atoms with van der Waals surface area (Å²) in [5.74, 6) is 0. The Balaban J connectivity index is 2.31. The van der Waals surface area contributed by atoms with Crippen molar-refractivity contribution < 1.29 is 4.74 Å². The van der Waals surface area contributed by atoms with E-state index in [9.17, 15) is 10.1 Å². The first kappa shape index (κ1) is 17.3. The van der Waals surface area contributed by atoms with Gasteiger partial charge in [0, 0.05) is 5.56 Å². The first-order valence-electron chi connectivity index (χ1n) is 7.38. The van der Waals surface area contributed by atoms with E-state index in [1.54, 1.807) is 0 Å². The van der Waals surface area contributed by atoms with Crippen LogP contribution in [0.1, 0.15) is 31.4 Å². The molecule has 6 heteroatoms. The van der Waals surface area contributed by atoms with E-state index in [0.717, 1.165) is 17.5 Å².